The van der Waals surface area contributed by atoms with Crippen molar-refractivity contribution in [3.05, 3.63) is 36.4 Å². The van der Waals surface area contributed by atoms with Crippen LogP contribution in [0.2, 0.25) is 0 Å². The number of aromatic nitrogens is 2. The Hall–Kier alpha value is -3.60. The molecule has 5 rings (SSSR count). The number of ether oxygens (including phenoxy) is 1. The van der Waals surface area contributed by atoms with Crippen LogP contribution in [0.5, 0.6) is 0 Å². The molecule has 11 nitrogen and oxygen atoms in total. The zero-order chi connectivity index (χ0) is 29.0. The number of carbonyl (C=O) groups excluding carboxylic acids is 4. The van der Waals surface area contributed by atoms with Gasteiger partial charge in [-0.1, -0.05) is 34.6 Å². The summed E-state index contributed by atoms with van der Waals surface area (Å²) in [5.41, 5.74) is 5.47. The molecule has 40 heavy (non-hydrogen) atoms. The fraction of sp³-hybridized carbons (Fsp3) is 0.586. The Balaban J connectivity index is 1.42. The molecule has 11 heteroatoms. The average Bonchev–Trinajstić information content (AvgIpc) is 3.35. The van der Waals surface area contributed by atoms with Crippen molar-refractivity contribution >= 4 is 34.4 Å². The summed E-state index contributed by atoms with van der Waals surface area (Å²) in [7, 11) is 0. The Morgan fingerprint density at radius 2 is 1.85 bits per heavy atom. The Bertz CT molecular complexity index is 1340. The highest BCUT2D eigenvalue weighted by Gasteiger charge is 2.70. The first-order chi connectivity index (χ1) is 18.8. The van der Waals surface area contributed by atoms with Crippen LogP contribution in [0.3, 0.4) is 0 Å². The third-order valence-corrected chi connectivity index (χ3v) is 8.94. The number of piperidine rings is 1. The van der Waals surface area contributed by atoms with Gasteiger partial charge in [0.25, 0.3) is 0 Å². The molecule has 0 spiro atoms. The smallest absolute Gasteiger partial charge is 0.246 e. The summed E-state index contributed by atoms with van der Waals surface area (Å²) in [6.07, 6.45) is 6.97. The van der Waals surface area contributed by atoms with Crippen LogP contribution in [0.25, 0.3) is 10.8 Å². The van der Waals surface area contributed by atoms with Crippen LogP contribution in [0.1, 0.15) is 52.6 Å². The summed E-state index contributed by atoms with van der Waals surface area (Å²) in [5, 5.41) is 7.20. The van der Waals surface area contributed by atoms with Gasteiger partial charge in [0.1, 0.15) is 18.1 Å². The zero-order valence-corrected chi connectivity index (χ0v) is 23.6. The monoisotopic (exact) mass is 550 g/mol. The normalized spacial score (nSPS) is 26.6. The van der Waals surface area contributed by atoms with Crippen LogP contribution in [-0.4, -0.2) is 70.3 Å². The van der Waals surface area contributed by atoms with Gasteiger partial charge in [0.2, 0.25) is 23.6 Å². The summed E-state index contributed by atoms with van der Waals surface area (Å²) >= 11 is 0. The molecule has 214 valence electrons. The molecule has 0 radical (unpaired) electrons. The molecule has 2 saturated heterocycles. The summed E-state index contributed by atoms with van der Waals surface area (Å²) in [5.74, 6) is -1.99. The molecule has 3 aliphatic rings. The van der Waals surface area contributed by atoms with E-state index in [1.165, 1.54) is 6.20 Å². The third kappa shape index (κ3) is 4.91. The Morgan fingerprint density at radius 3 is 2.50 bits per heavy atom. The van der Waals surface area contributed by atoms with E-state index >= 15 is 0 Å². The first-order valence-electron chi connectivity index (χ1n) is 13.8. The van der Waals surface area contributed by atoms with Crippen molar-refractivity contribution in [2.45, 2.75) is 59.2 Å². The number of amides is 4. The van der Waals surface area contributed by atoms with Gasteiger partial charge in [-0.3, -0.25) is 29.1 Å². The summed E-state index contributed by atoms with van der Waals surface area (Å²) < 4.78 is 5.36. The number of pyridine rings is 2. The topological polar surface area (TPSA) is 157 Å². The van der Waals surface area contributed by atoms with E-state index in [1.54, 1.807) is 29.6 Å². The van der Waals surface area contributed by atoms with E-state index < -0.39 is 35.4 Å². The quantitative estimate of drug-likeness (QED) is 0.469. The molecule has 4 amide bonds. The molecular formula is C29H38N6O5. The van der Waals surface area contributed by atoms with Crippen LogP contribution in [-0.2, 0) is 23.9 Å². The SMILES string of the molecule is CC(C)(C)C(NC(=O)C1CCOC1)C(=O)N1C[C@H]2[C@@H]([C@H]1C(=O)NC(C(N)=O)c1cncc3ccncc13)C2(C)C. The molecule has 2 aliphatic heterocycles. The second-order valence-corrected chi connectivity index (χ2v) is 12.9. The number of nitrogens with one attached hydrogen (secondary N) is 2. The van der Waals surface area contributed by atoms with E-state index in [0.29, 0.717) is 37.1 Å². The fourth-order valence-electron chi connectivity index (χ4n) is 6.42. The predicted molar refractivity (Wildman–Crippen MR) is 146 cm³/mol. The number of fused-ring (bicyclic) bond motifs is 2. The van der Waals surface area contributed by atoms with Crippen LogP contribution in [0, 0.1) is 28.6 Å². The van der Waals surface area contributed by atoms with Gasteiger partial charge in [0.05, 0.1) is 12.5 Å². The first kappa shape index (κ1) is 27.9. The van der Waals surface area contributed by atoms with Gasteiger partial charge in [0, 0.05) is 54.3 Å². The Morgan fingerprint density at radius 1 is 1.10 bits per heavy atom. The van der Waals surface area contributed by atoms with E-state index in [-0.39, 0.29) is 35.0 Å². The minimum atomic E-state index is -1.16. The van der Waals surface area contributed by atoms with Crippen LogP contribution >= 0.6 is 0 Å². The zero-order valence-electron chi connectivity index (χ0n) is 23.6. The minimum absolute atomic E-state index is 0.0863. The lowest BCUT2D eigenvalue weighted by Crippen LogP contribution is -2.60. The van der Waals surface area contributed by atoms with Gasteiger partial charge < -0.3 is 26.0 Å². The molecule has 6 atom stereocenters. The predicted octanol–water partition coefficient (Wildman–Crippen LogP) is 1.32. The maximum absolute atomic E-state index is 14.1. The molecule has 2 aromatic rings. The van der Waals surface area contributed by atoms with Crippen LogP contribution in [0.4, 0.5) is 0 Å². The van der Waals surface area contributed by atoms with Gasteiger partial charge in [-0.2, -0.15) is 0 Å². The molecule has 3 fully saturated rings. The maximum atomic E-state index is 14.1. The highest BCUT2D eigenvalue weighted by Crippen LogP contribution is 2.65. The lowest BCUT2D eigenvalue weighted by Gasteiger charge is -2.38. The fourth-order valence-corrected chi connectivity index (χ4v) is 6.42. The average molecular weight is 551 g/mol. The second-order valence-electron chi connectivity index (χ2n) is 12.9. The number of carbonyl (C=O) groups is 4. The minimum Gasteiger partial charge on any atom is -0.381 e. The standard InChI is InChI=1S/C29H38N6O5/c1-28(2,3)23(34-25(37)16-7-9-40-14-16)27(39)35-13-19-20(29(19,4)5)22(35)26(38)33-21(24(30)36)18-12-32-10-15-6-8-31-11-17(15)18/h6,8,10-12,16,19-23H,7,9,13-14H2,1-5H3,(H2,30,36)(H,33,38)(H,34,37)/t16?,19-,20-,21?,22-,23?/m0/s1. The number of nitrogens with zero attached hydrogens (tertiary/aromatic N) is 3. The Kier molecular flexibility index (Phi) is 7.06. The second kappa shape index (κ2) is 10.1. The molecule has 4 N–H and O–H groups in total. The van der Waals surface area contributed by atoms with E-state index in [0.717, 1.165) is 5.39 Å². The molecule has 4 heterocycles. The number of nitrogens with two attached hydrogens (primary N) is 1. The third-order valence-electron chi connectivity index (χ3n) is 8.94. The van der Waals surface area contributed by atoms with E-state index in [9.17, 15) is 19.2 Å². The molecule has 2 aromatic heterocycles. The van der Waals surface area contributed by atoms with Crippen molar-refractivity contribution in [3.8, 4) is 0 Å². The van der Waals surface area contributed by atoms with Gasteiger partial charge in [-0.15, -0.1) is 0 Å². The first-order valence-corrected chi connectivity index (χ1v) is 13.8. The van der Waals surface area contributed by atoms with E-state index in [2.05, 4.69) is 34.4 Å². The van der Waals surface area contributed by atoms with E-state index in [1.807, 2.05) is 20.8 Å². The van der Waals surface area contributed by atoms with Gasteiger partial charge in [-0.05, 0) is 35.2 Å². The van der Waals surface area contributed by atoms with Crippen molar-refractivity contribution in [2.24, 2.45) is 34.3 Å². The molecule has 1 saturated carbocycles. The van der Waals surface area contributed by atoms with Crippen LogP contribution in [0.15, 0.2) is 30.9 Å². The number of hydrogen-bond acceptors (Lipinski definition) is 7. The molecule has 1 aliphatic carbocycles. The molecule has 0 bridgehead atoms. The summed E-state index contributed by atoms with van der Waals surface area (Å²) in [6.45, 7) is 11.1. The highest BCUT2D eigenvalue weighted by atomic mass is 16.5. The lowest BCUT2D eigenvalue weighted by atomic mass is 9.84. The molecular weight excluding hydrogens is 512 g/mol. The Labute approximate surface area is 233 Å². The van der Waals surface area contributed by atoms with Crippen molar-refractivity contribution in [2.75, 3.05) is 19.8 Å². The number of primary amides is 1. The largest absolute Gasteiger partial charge is 0.381 e. The van der Waals surface area contributed by atoms with Crippen molar-refractivity contribution in [1.82, 2.24) is 25.5 Å². The lowest BCUT2D eigenvalue weighted by molar-refractivity contribution is -0.146. The van der Waals surface area contributed by atoms with Crippen LogP contribution < -0.4 is 16.4 Å². The maximum Gasteiger partial charge on any atom is 0.246 e. The summed E-state index contributed by atoms with van der Waals surface area (Å²) in [6, 6.07) is -1.05. The van der Waals surface area contributed by atoms with Crippen molar-refractivity contribution in [3.63, 3.8) is 0 Å². The van der Waals surface area contributed by atoms with Crippen molar-refractivity contribution < 1.29 is 23.9 Å². The number of hydrogen-bond donors (Lipinski definition) is 3. The van der Waals surface area contributed by atoms with Gasteiger partial charge >= 0.3 is 0 Å². The number of likely N-dealkylation sites (tertiary alicyclic amines) is 1. The van der Waals surface area contributed by atoms with Gasteiger partial charge in [-0.25, -0.2) is 0 Å². The van der Waals surface area contributed by atoms with Crippen molar-refractivity contribution in [1.29, 1.82) is 0 Å². The van der Waals surface area contributed by atoms with Gasteiger partial charge in [0.15, 0.2) is 0 Å². The van der Waals surface area contributed by atoms with E-state index in [4.69, 9.17) is 10.5 Å². The number of rotatable bonds is 7. The highest BCUT2D eigenvalue weighted by molar-refractivity contribution is 5.97. The molecule has 3 unspecified atom stereocenters. The summed E-state index contributed by atoms with van der Waals surface area (Å²) in [4.78, 5) is 63.6. The molecule has 0 aromatic carbocycles.